The third-order valence-corrected chi connectivity index (χ3v) is 18.2. The summed E-state index contributed by atoms with van der Waals surface area (Å²) < 4.78 is 35.8. The maximum absolute atomic E-state index is 14.7. The molecule has 2 heterocycles. The standard InChI is InChI=1S/C57H90N6O11Si/c1-14-15-16-17-18-19-26-33-45(74-75(12,13)57(9,10)11)38-44-34-35-46-47(48(64)69-37-28-27-36-58-49(59-52(66)72-55(3,4)5)60-53(67)73-56(6,7)8)41(2)62(54(68)71-40-43-31-24-21-25-32-43)50(63(44)46)61-51(65)70-39-42-29-22-20-23-30-42/h20-25,29-32,41,44-47H,14-19,26-28,33-40H2,1-13H3,(H2,58,59,60,66,67)/b61-50+/t41-,44+,45+,46+,47+/m1/s1. The van der Waals surface area contributed by atoms with Crippen LogP contribution < -0.4 is 10.6 Å². The Balaban J connectivity index is 1.66. The fraction of sp³-hybridized carbons (Fsp3) is 0.667. The molecule has 0 saturated carbocycles. The predicted octanol–water partition coefficient (Wildman–Crippen LogP) is 12.8. The largest absolute Gasteiger partial charge is 0.465 e. The molecular formula is C57H90N6O11Si. The number of alkyl carbamates (subject to hydrolysis) is 2. The van der Waals surface area contributed by atoms with E-state index in [0.29, 0.717) is 32.1 Å². The van der Waals surface area contributed by atoms with Crippen molar-refractivity contribution in [3.8, 4) is 0 Å². The summed E-state index contributed by atoms with van der Waals surface area (Å²) in [6.07, 6.45) is 8.23. The van der Waals surface area contributed by atoms with Gasteiger partial charge in [0, 0.05) is 24.7 Å². The highest BCUT2D eigenvalue weighted by Gasteiger charge is 2.55. The van der Waals surface area contributed by atoms with Gasteiger partial charge in [0.2, 0.25) is 11.9 Å². The Morgan fingerprint density at radius 2 is 1.25 bits per heavy atom. The molecule has 418 valence electrons. The van der Waals surface area contributed by atoms with Gasteiger partial charge in [0.05, 0.1) is 18.6 Å². The van der Waals surface area contributed by atoms with Crippen LogP contribution >= 0.6 is 0 Å². The predicted molar refractivity (Wildman–Crippen MR) is 295 cm³/mol. The molecule has 0 bridgehead atoms. The lowest BCUT2D eigenvalue weighted by molar-refractivity contribution is -0.153. The zero-order valence-corrected chi connectivity index (χ0v) is 48.5. The van der Waals surface area contributed by atoms with Gasteiger partial charge in [0.1, 0.15) is 24.4 Å². The fourth-order valence-corrected chi connectivity index (χ4v) is 10.4. The zero-order valence-electron chi connectivity index (χ0n) is 47.5. The van der Waals surface area contributed by atoms with Crippen molar-refractivity contribution in [3.05, 3.63) is 71.8 Å². The van der Waals surface area contributed by atoms with Crippen molar-refractivity contribution in [1.82, 2.24) is 20.4 Å². The van der Waals surface area contributed by atoms with Crippen molar-refractivity contribution < 1.29 is 52.1 Å². The zero-order chi connectivity index (χ0) is 55.4. The Bertz CT molecular complexity index is 2160. The summed E-state index contributed by atoms with van der Waals surface area (Å²) in [5, 5.41) is 4.92. The maximum atomic E-state index is 14.7. The van der Waals surface area contributed by atoms with E-state index in [1.165, 1.54) is 37.0 Å². The quantitative estimate of drug-likeness (QED) is 0.0283. The van der Waals surface area contributed by atoms with Crippen molar-refractivity contribution in [2.45, 2.75) is 226 Å². The Labute approximate surface area is 448 Å². The number of unbranched alkanes of at least 4 members (excludes halogenated alkanes) is 7. The monoisotopic (exact) mass is 1060 g/mol. The first kappa shape index (κ1) is 62.0. The summed E-state index contributed by atoms with van der Waals surface area (Å²) in [5.41, 5.74) is -0.0556. The second-order valence-corrected chi connectivity index (χ2v) is 28.1. The van der Waals surface area contributed by atoms with Crippen LogP contribution in [0.4, 0.5) is 19.2 Å². The van der Waals surface area contributed by atoms with E-state index in [1.54, 1.807) is 48.5 Å². The van der Waals surface area contributed by atoms with E-state index in [2.05, 4.69) is 61.4 Å². The highest BCUT2D eigenvalue weighted by atomic mass is 28.4. The molecule has 2 aliphatic heterocycles. The molecule has 0 spiro atoms. The van der Waals surface area contributed by atoms with Gasteiger partial charge in [-0.15, -0.1) is 4.99 Å². The van der Waals surface area contributed by atoms with Gasteiger partial charge < -0.3 is 33.0 Å². The SMILES string of the molecule is CCCCCCCCC[C@@H](C[C@@H]1CC[C@H]2[C@@H](C(=O)OCCCCN=C(NC(=O)OC(C)(C)C)NC(=O)OC(C)(C)C)[C@@H](C)N(C(=O)OCc3ccccc3)/C(=N\C(=O)OCc3ccccc3)N12)O[Si](C)(C)C(C)(C)C. The summed E-state index contributed by atoms with van der Waals surface area (Å²) in [4.78, 5) is 80.8. The Morgan fingerprint density at radius 3 is 1.80 bits per heavy atom. The Kier molecular flexibility index (Phi) is 24.1. The van der Waals surface area contributed by atoms with Gasteiger partial charge in [-0.25, -0.2) is 24.1 Å². The molecule has 2 aromatic rings. The van der Waals surface area contributed by atoms with Crippen LogP contribution in [0.3, 0.4) is 0 Å². The van der Waals surface area contributed by atoms with Crippen LogP contribution in [0.5, 0.6) is 0 Å². The highest BCUT2D eigenvalue weighted by molar-refractivity contribution is 6.74. The van der Waals surface area contributed by atoms with E-state index in [-0.39, 0.29) is 55.5 Å². The number of fused-ring (bicyclic) bond motifs is 1. The number of aliphatic imine (C=N–C) groups is 2. The van der Waals surface area contributed by atoms with Gasteiger partial charge in [0.15, 0.2) is 8.32 Å². The molecule has 2 N–H and O–H groups in total. The number of nitrogens with one attached hydrogen (secondary N) is 2. The van der Waals surface area contributed by atoms with Crippen LogP contribution in [0.25, 0.3) is 0 Å². The van der Waals surface area contributed by atoms with Crippen molar-refractivity contribution >= 4 is 50.6 Å². The number of guanidine groups is 2. The normalized spacial score (nSPS) is 18.9. The van der Waals surface area contributed by atoms with Crippen LogP contribution in [-0.2, 0) is 46.1 Å². The number of hydrogen-bond acceptors (Lipinski definition) is 12. The summed E-state index contributed by atoms with van der Waals surface area (Å²) in [6.45, 7) is 25.6. The van der Waals surface area contributed by atoms with Crippen molar-refractivity contribution in [3.63, 3.8) is 0 Å². The molecule has 2 aliphatic rings. The van der Waals surface area contributed by atoms with E-state index in [1.807, 2.05) is 65.6 Å². The fourth-order valence-electron chi connectivity index (χ4n) is 8.97. The maximum Gasteiger partial charge on any atom is 0.437 e. The molecule has 18 heteroatoms. The van der Waals surface area contributed by atoms with Gasteiger partial charge in [-0.3, -0.25) is 20.4 Å². The Morgan fingerprint density at radius 1 is 0.707 bits per heavy atom. The lowest BCUT2D eigenvalue weighted by Gasteiger charge is -2.49. The minimum atomic E-state index is -2.27. The third kappa shape index (κ3) is 21.2. The smallest absolute Gasteiger partial charge is 0.437 e. The molecule has 0 aromatic heterocycles. The number of nitrogens with zero attached hydrogens (tertiary/aromatic N) is 4. The minimum Gasteiger partial charge on any atom is -0.465 e. The van der Waals surface area contributed by atoms with Crippen LogP contribution in [0.15, 0.2) is 70.6 Å². The second-order valence-electron chi connectivity index (χ2n) is 23.3. The number of carbonyl (C=O) groups excluding carboxylic acids is 5. The van der Waals surface area contributed by atoms with E-state index >= 15 is 0 Å². The first-order valence-electron chi connectivity index (χ1n) is 27.2. The van der Waals surface area contributed by atoms with Crippen LogP contribution in [-0.4, -0.2) is 109 Å². The molecule has 4 rings (SSSR count). The first-order chi connectivity index (χ1) is 35.3. The van der Waals surface area contributed by atoms with Crippen molar-refractivity contribution in [1.29, 1.82) is 0 Å². The van der Waals surface area contributed by atoms with Gasteiger partial charge in [0.25, 0.3) is 0 Å². The third-order valence-electron chi connectivity index (χ3n) is 13.6. The minimum absolute atomic E-state index is 0.0220. The van der Waals surface area contributed by atoms with Crippen LogP contribution in [0.1, 0.15) is 171 Å². The number of amides is 4. The van der Waals surface area contributed by atoms with Crippen molar-refractivity contribution in [2.75, 3.05) is 13.2 Å². The molecule has 0 aliphatic carbocycles. The average Bonchev–Trinajstić information content (AvgIpc) is 3.72. The van der Waals surface area contributed by atoms with Gasteiger partial charge in [-0.05, 0) is 116 Å². The molecule has 5 atom stereocenters. The number of esters is 1. The first-order valence-corrected chi connectivity index (χ1v) is 30.2. The molecule has 2 saturated heterocycles. The van der Waals surface area contributed by atoms with E-state index in [4.69, 9.17) is 28.1 Å². The number of rotatable bonds is 22. The van der Waals surface area contributed by atoms with E-state index in [0.717, 1.165) is 30.4 Å². The molecule has 2 aromatic carbocycles. The summed E-state index contributed by atoms with van der Waals surface area (Å²) >= 11 is 0. The number of ether oxygens (including phenoxy) is 5. The second kappa shape index (κ2) is 29.1. The molecule has 2 fully saturated rings. The number of benzene rings is 2. The van der Waals surface area contributed by atoms with Crippen LogP contribution in [0, 0.1) is 5.92 Å². The number of carbonyl (C=O) groups is 5. The molecule has 4 amide bonds. The lowest BCUT2D eigenvalue weighted by atomic mass is 9.88. The average molecular weight is 1060 g/mol. The van der Waals surface area contributed by atoms with Crippen LogP contribution in [0.2, 0.25) is 18.1 Å². The van der Waals surface area contributed by atoms with E-state index < -0.39 is 67.9 Å². The molecular weight excluding hydrogens is 973 g/mol. The molecule has 75 heavy (non-hydrogen) atoms. The number of hydrogen-bond donors (Lipinski definition) is 2. The highest BCUT2D eigenvalue weighted by Crippen LogP contribution is 2.43. The molecule has 0 unspecified atom stereocenters. The summed E-state index contributed by atoms with van der Waals surface area (Å²) in [7, 11) is -2.27. The van der Waals surface area contributed by atoms with Gasteiger partial charge >= 0.3 is 30.3 Å². The van der Waals surface area contributed by atoms with E-state index in [9.17, 15) is 24.0 Å². The van der Waals surface area contributed by atoms with Crippen molar-refractivity contribution in [2.24, 2.45) is 15.9 Å². The summed E-state index contributed by atoms with van der Waals surface area (Å²) in [5.74, 6) is -1.44. The molecule has 0 radical (unpaired) electrons. The van der Waals surface area contributed by atoms with Gasteiger partial charge in [-0.1, -0.05) is 133 Å². The molecule has 17 nitrogen and oxygen atoms in total. The lowest BCUT2D eigenvalue weighted by Crippen LogP contribution is -2.66. The summed E-state index contributed by atoms with van der Waals surface area (Å²) in [6, 6.07) is 17.0. The Hall–Kier alpha value is -5.49. The topological polar surface area (TPSA) is 196 Å². The van der Waals surface area contributed by atoms with Gasteiger partial charge in [-0.2, -0.15) is 0 Å².